The van der Waals surface area contributed by atoms with Gasteiger partial charge in [0.15, 0.2) is 5.84 Å². The van der Waals surface area contributed by atoms with Crippen molar-refractivity contribution in [2.45, 2.75) is 24.8 Å². The zero-order chi connectivity index (χ0) is 19.7. The van der Waals surface area contributed by atoms with Crippen LogP contribution in [0.15, 0.2) is 58.7 Å². The first-order chi connectivity index (χ1) is 13.5. The molecule has 2 aromatic carbocycles. The zero-order valence-corrected chi connectivity index (χ0v) is 15.5. The first-order valence-corrected chi connectivity index (χ1v) is 9.39. The minimum absolute atomic E-state index is 0.0857. The molecule has 1 fully saturated rings. The molecule has 2 heterocycles. The Kier molecular flexibility index (Phi) is 4.73. The average Bonchev–Trinajstić information content (AvgIpc) is 3.16. The summed E-state index contributed by atoms with van der Waals surface area (Å²) in [5.41, 5.74) is 15.1. The number of aliphatic imine (C=N–C) groups is 1. The Bertz CT molecular complexity index is 932. The van der Waals surface area contributed by atoms with Gasteiger partial charge in [0, 0.05) is 36.6 Å². The molecule has 0 spiro atoms. The smallest absolute Gasteiger partial charge is 0.170 e. The second-order valence-electron chi connectivity index (χ2n) is 7.34. The number of oxime groups is 1. The summed E-state index contributed by atoms with van der Waals surface area (Å²) in [7, 11) is 0. The Morgan fingerprint density at radius 3 is 2.29 bits per heavy atom. The highest BCUT2D eigenvalue weighted by atomic mass is 16.4. The molecule has 1 saturated heterocycles. The summed E-state index contributed by atoms with van der Waals surface area (Å²) in [5.74, 6) is 1.84. The van der Waals surface area contributed by atoms with Gasteiger partial charge < -0.3 is 21.6 Å². The highest BCUT2D eigenvalue weighted by molar-refractivity contribution is 5.97. The fraction of sp³-hybridized carbons (Fsp3) is 0.286. The lowest BCUT2D eigenvalue weighted by Crippen LogP contribution is -2.36. The van der Waals surface area contributed by atoms with E-state index in [4.69, 9.17) is 27.1 Å². The number of nitrogens with one attached hydrogen (secondary N) is 1. The van der Waals surface area contributed by atoms with E-state index in [0.717, 1.165) is 42.6 Å². The van der Waals surface area contributed by atoms with Crippen molar-refractivity contribution in [3.05, 3.63) is 70.8 Å². The maximum absolute atomic E-state index is 8.80. The molecule has 2 atom stereocenters. The van der Waals surface area contributed by atoms with E-state index in [1.54, 1.807) is 0 Å². The number of hydrogen-bond acceptors (Lipinski definition) is 5. The lowest BCUT2D eigenvalue weighted by molar-refractivity contribution is 0.318. The first kappa shape index (κ1) is 18.0. The van der Waals surface area contributed by atoms with Gasteiger partial charge in [0.05, 0.1) is 11.9 Å². The first-order valence-electron chi connectivity index (χ1n) is 9.39. The van der Waals surface area contributed by atoms with Crippen LogP contribution in [0.3, 0.4) is 0 Å². The molecule has 0 saturated carbocycles. The molecule has 0 radical (unpaired) electrons. The fourth-order valence-corrected chi connectivity index (χ4v) is 4.00. The van der Waals surface area contributed by atoms with E-state index in [-0.39, 0.29) is 17.7 Å². The Morgan fingerprint density at radius 2 is 1.64 bits per heavy atom. The lowest BCUT2D eigenvalue weighted by atomic mass is 9.89. The Labute approximate surface area is 163 Å². The van der Waals surface area contributed by atoms with Crippen LogP contribution >= 0.6 is 0 Å². The molecule has 2 aromatic rings. The molecule has 7 heteroatoms. The van der Waals surface area contributed by atoms with Crippen LogP contribution in [0.2, 0.25) is 0 Å². The molecule has 28 heavy (non-hydrogen) atoms. The van der Waals surface area contributed by atoms with E-state index < -0.39 is 0 Å². The van der Waals surface area contributed by atoms with Crippen LogP contribution in [-0.2, 0) is 0 Å². The van der Waals surface area contributed by atoms with E-state index in [2.05, 4.69) is 22.2 Å². The third kappa shape index (κ3) is 3.43. The van der Waals surface area contributed by atoms with Gasteiger partial charge in [-0.1, -0.05) is 53.7 Å². The summed E-state index contributed by atoms with van der Waals surface area (Å²) in [4.78, 5) is 7.31. The molecule has 6 N–H and O–H groups in total. The van der Waals surface area contributed by atoms with Crippen molar-refractivity contribution in [1.29, 1.82) is 5.41 Å². The van der Waals surface area contributed by atoms with Crippen molar-refractivity contribution < 1.29 is 5.21 Å². The molecule has 2 aliphatic rings. The van der Waals surface area contributed by atoms with Crippen LogP contribution in [0, 0.1) is 5.41 Å². The predicted octanol–water partition coefficient (Wildman–Crippen LogP) is 2.40. The molecular weight excluding hydrogens is 352 g/mol. The van der Waals surface area contributed by atoms with E-state index in [1.165, 1.54) is 11.4 Å². The Balaban J connectivity index is 1.44. The Morgan fingerprint density at radius 1 is 1.00 bits per heavy atom. The summed E-state index contributed by atoms with van der Waals surface area (Å²) in [6.07, 6.45) is 2.03. The number of nitrogens with two attached hydrogens (primary N) is 2. The van der Waals surface area contributed by atoms with Gasteiger partial charge in [-0.25, -0.2) is 0 Å². The maximum Gasteiger partial charge on any atom is 0.170 e. The minimum Gasteiger partial charge on any atom is -0.409 e. The van der Waals surface area contributed by atoms with E-state index in [9.17, 15) is 0 Å². The van der Waals surface area contributed by atoms with Crippen molar-refractivity contribution in [2.24, 2.45) is 21.6 Å². The zero-order valence-electron chi connectivity index (χ0n) is 15.5. The fourth-order valence-electron chi connectivity index (χ4n) is 4.00. The summed E-state index contributed by atoms with van der Waals surface area (Å²) >= 11 is 0. The van der Waals surface area contributed by atoms with E-state index in [0.29, 0.717) is 5.92 Å². The molecule has 2 unspecified atom stereocenters. The SMILES string of the molecule is N=C(N)c1ccc(C2CN3CC(c4ccc(/C(N)=N/O)cc4)CCC3=N2)cc1. The largest absolute Gasteiger partial charge is 0.409 e. The second kappa shape index (κ2) is 7.34. The molecule has 4 rings (SSSR count). The number of rotatable bonds is 4. The summed E-state index contributed by atoms with van der Waals surface area (Å²) in [6, 6.07) is 15.9. The molecule has 144 valence electrons. The average molecular weight is 376 g/mol. The van der Waals surface area contributed by atoms with Crippen molar-refractivity contribution in [3.63, 3.8) is 0 Å². The van der Waals surface area contributed by atoms with Crippen molar-refractivity contribution in [3.8, 4) is 0 Å². The van der Waals surface area contributed by atoms with Crippen molar-refractivity contribution in [1.82, 2.24) is 4.90 Å². The van der Waals surface area contributed by atoms with Gasteiger partial charge in [0.25, 0.3) is 0 Å². The molecule has 0 amide bonds. The van der Waals surface area contributed by atoms with Gasteiger partial charge in [-0.15, -0.1) is 0 Å². The van der Waals surface area contributed by atoms with Crippen LogP contribution in [0.1, 0.15) is 47.1 Å². The highest BCUT2D eigenvalue weighted by Crippen LogP contribution is 2.34. The molecule has 0 bridgehead atoms. The number of benzene rings is 2. The molecule has 0 aliphatic carbocycles. The van der Waals surface area contributed by atoms with Gasteiger partial charge >= 0.3 is 0 Å². The quantitative estimate of drug-likeness (QED) is 0.283. The number of piperidine rings is 1. The Hall–Kier alpha value is -3.35. The second-order valence-corrected chi connectivity index (χ2v) is 7.34. The third-order valence-electron chi connectivity index (χ3n) is 5.61. The summed E-state index contributed by atoms with van der Waals surface area (Å²) in [6.45, 7) is 1.83. The van der Waals surface area contributed by atoms with E-state index in [1.807, 2.05) is 36.4 Å². The lowest BCUT2D eigenvalue weighted by Gasteiger charge is -2.32. The van der Waals surface area contributed by atoms with Crippen molar-refractivity contribution >= 4 is 17.5 Å². The molecule has 0 aromatic heterocycles. The number of nitrogens with zero attached hydrogens (tertiary/aromatic N) is 3. The van der Waals surface area contributed by atoms with Crippen LogP contribution in [0.25, 0.3) is 0 Å². The molecular formula is C21H24N6O. The molecule has 7 nitrogen and oxygen atoms in total. The minimum atomic E-state index is 0.0857. The van der Waals surface area contributed by atoms with Gasteiger partial charge in [-0.05, 0) is 17.5 Å². The van der Waals surface area contributed by atoms with Crippen LogP contribution < -0.4 is 11.5 Å². The monoisotopic (exact) mass is 376 g/mol. The predicted molar refractivity (Wildman–Crippen MR) is 110 cm³/mol. The van der Waals surface area contributed by atoms with Gasteiger partial charge in [-0.2, -0.15) is 0 Å². The maximum atomic E-state index is 8.80. The van der Waals surface area contributed by atoms with Crippen LogP contribution in [-0.4, -0.2) is 40.7 Å². The van der Waals surface area contributed by atoms with E-state index >= 15 is 0 Å². The van der Waals surface area contributed by atoms with Gasteiger partial charge in [0.2, 0.25) is 0 Å². The highest BCUT2D eigenvalue weighted by Gasteiger charge is 2.32. The van der Waals surface area contributed by atoms with Crippen LogP contribution in [0.4, 0.5) is 0 Å². The van der Waals surface area contributed by atoms with Crippen molar-refractivity contribution in [2.75, 3.05) is 13.1 Å². The summed E-state index contributed by atoms with van der Waals surface area (Å²) < 4.78 is 0. The third-order valence-corrected chi connectivity index (χ3v) is 5.61. The van der Waals surface area contributed by atoms with Gasteiger partial charge in [-0.3, -0.25) is 10.4 Å². The standard InChI is InChI=1S/C21H24N6O/c22-20(23)15-5-3-14(4-6-15)18-12-27-11-17(9-10-19(27)25-18)13-1-7-16(8-2-13)21(24)26-28/h1-8,17-18,28H,9-12H2,(H3,22,23)(H2,24,26). The number of fused-ring (bicyclic) bond motifs is 1. The topological polar surface area (TPSA) is 124 Å². The number of hydrogen-bond donors (Lipinski definition) is 4. The van der Waals surface area contributed by atoms with Crippen LogP contribution in [0.5, 0.6) is 0 Å². The number of nitrogen functional groups attached to an aromatic ring is 1. The molecule has 2 aliphatic heterocycles. The van der Waals surface area contributed by atoms with Gasteiger partial charge in [0.1, 0.15) is 5.84 Å². The summed E-state index contributed by atoms with van der Waals surface area (Å²) in [5, 5.41) is 19.4. The normalized spacial score (nSPS) is 21.9. The number of amidine groups is 3.